The molecule has 3 heterocycles. The van der Waals surface area contributed by atoms with E-state index < -0.39 is 12.0 Å². The normalized spacial score (nSPS) is 22.0. The Kier molecular flexibility index (Phi) is 7.49. The van der Waals surface area contributed by atoms with Crippen LogP contribution in [0.4, 0.5) is 0 Å². The molecule has 2 aliphatic heterocycles. The number of fused-ring (bicyclic) bond motifs is 1. The first-order valence-corrected chi connectivity index (χ1v) is 8.34. The van der Waals surface area contributed by atoms with Gasteiger partial charge in [-0.05, 0) is 11.6 Å². The number of halogens is 2. The third-order valence-corrected chi connectivity index (χ3v) is 5.35. The molecule has 0 radical (unpaired) electrons. The summed E-state index contributed by atoms with van der Waals surface area (Å²) in [6.45, 7) is 2.65. The minimum absolute atomic E-state index is 0. The number of carboxylic acids is 1. The number of carbonyl (C=O) groups is 2. The SMILES string of the molecule is Cc1cccc[n+]1CC=CC1=C(C(=O)O)N2C(=O)[C@@H](N)[C@H]2SC1.Cl.[Cl-]. The van der Waals surface area contributed by atoms with Crippen molar-refractivity contribution >= 4 is 36.0 Å². The van der Waals surface area contributed by atoms with E-state index in [0.29, 0.717) is 17.9 Å². The molecule has 6 nitrogen and oxygen atoms in total. The van der Waals surface area contributed by atoms with Crippen LogP contribution in [-0.2, 0) is 16.1 Å². The van der Waals surface area contributed by atoms with Crippen LogP contribution in [-0.4, -0.2) is 39.1 Å². The van der Waals surface area contributed by atoms with Gasteiger partial charge in [0.15, 0.2) is 18.4 Å². The van der Waals surface area contributed by atoms with E-state index in [-0.39, 0.29) is 41.8 Å². The average molecular weight is 404 g/mol. The first-order chi connectivity index (χ1) is 11.0. The van der Waals surface area contributed by atoms with Crippen molar-refractivity contribution in [1.29, 1.82) is 0 Å². The second kappa shape index (κ2) is 8.71. The van der Waals surface area contributed by atoms with Gasteiger partial charge in [-0.15, -0.1) is 24.2 Å². The van der Waals surface area contributed by atoms with E-state index in [1.54, 1.807) is 6.08 Å². The van der Waals surface area contributed by atoms with E-state index in [1.165, 1.54) is 16.7 Å². The first-order valence-electron chi connectivity index (χ1n) is 7.29. The number of aromatic nitrogens is 1. The molecule has 1 fully saturated rings. The summed E-state index contributed by atoms with van der Waals surface area (Å²) in [5.41, 5.74) is 7.55. The maximum absolute atomic E-state index is 11.9. The van der Waals surface area contributed by atoms with Crippen molar-refractivity contribution in [3.8, 4) is 0 Å². The topological polar surface area (TPSA) is 87.5 Å². The molecule has 0 unspecified atom stereocenters. The van der Waals surface area contributed by atoms with Crippen molar-refractivity contribution in [2.45, 2.75) is 24.9 Å². The van der Waals surface area contributed by atoms with Crippen LogP contribution in [0.5, 0.6) is 0 Å². The number of amides is 1. The third kappa shape index (κ3) is 4.00. The minimum Gasteiger partial charge on any atom is -1.00 e. The lowest BCUT2D eigenvalue weighted by Gasteiger charge is -2.47. The van der Waals surface area contributed by atoms with Crippen molar-refractivity contribution in [1.82, 2.24) is 4.90 Å². The van der Waals surface area contributed by atoms with Crippen LogP contribution in [0.1, 0.15) is 5.69 Å². The Morgan fingerprint density at radius 3 is 2.88 bits per heavy atom. The molecule has 0 aliphatic carbocycles. The summed E-state index contributed by atoms with van der Waals surface area (Å²) in [6, 6.07) is 5.33. The predicted molar refractivity (Wildman–Crippen MR) is 93.5 cm³/mol. The Labute approximate surface area is 162 Å². The monoisotopic (exact) mass is 403 g/mol. The van der Waals surface area contributed by atoms with E-state index in [4.69, 9.17) is 5.73 Å². The van der Waals surface area contributed by atoms with Gasteiger partial charge in [-0.1, -0.05) is 12.1 Å². The van der Waals surface area contributed by atoms with Crippen LogP contribution in [0.2, 0.25) is 0 Å². The molecule has 3 N–H and O–H groups in total. The zero-order valence-corrected chi connectivity index (χ0v) is 15.9. The number of aliphatic carboxylic acids is 1. The number of rotatable bonds is 4. The molecule has 1 aromatic heterocycles. The Balaban J connectivity index is 0.00000156. The highest BCUT2D eigenvalue weighted by Crippen LogP contribution is 2.39. The standard InChI is InChI=1S/C16H17N3O3S.2ClH/c1-10-5-2-3-7-18(10)8-4-6-11-9-23-15-12(17)14(20)19(15)13(11)16(21)22;;/h2-7,12,15H,8-9,17H2,1H3;2*1H/t12-,15-;;/m1../s1. The number of nitrogens with two attached hydrogens (primary N) is 1. The molecular formula is C16H19Cl2N3O3S. The van der Waals surface area contributed by atoms with E-state index in [1.807, 2.05) is 37.4 Å². The summed E-state index contributed by atoms with van der Waals surface area (Å²) in [4.78, 5) is 24.7. The van der Waals surface area contributed by atoms with Gasteiger partial charge in [-0.2, -0.15) is 4.57 Å². The van der Waals surface area contributed by atoms with Crippen molar-refractivity contribution in [3.05, 3.63) is 53.5 Å². The number of nitrogens with zero attached hydrogens (tertiary/aromatic N) is 2. The molecule has 3 rings (SSSR count). The van der Waals surface area contributed by atoms with E-state index in [9.17, 15) is 14.7 Å². The van der Waals surface area contributed by atoms with Crippen LogP contribution in [0, 0.1) is 6.92 Å². The fourth-order valence-electron chi connectivity index (χ4n) is 2.74. The van der Waals surface area contributed by atoms with Gasteiger partial charge in [0, 0.05) is 24.8 Å². The van der Waals surface area contributed by atoms with Crippen molar-refractivity contribution in [2.24, 2.45) is 5.73 Å². The van der Waals surface area contributed by atoms with Gasteiger partial charge in [0.25, 0.3) is 0 Å². The summed E-state index contributed by atoms with van der Waals surface area (Å²) in [7, 11) is 0. The number of carbonyl (C=O) groups excluding carboxylic acids is 1. The number of β-lactam (4-membered cyclic amide) rings is 1. The molecule has 2 atom stereocenters. The summed E-state index contributed by atoms with van der Waals surface area (Å²) in [6.07, 6.45) is 5.68. The highest BCUT2D eigenvalue weighted by atomic mass is 35.5. The second-order valence-corrected chi connectivity index (χ2v) is 6.62. The number of aryl methyl sites for hydroxylation is 1. The lowest BCUT2D eigenvalue weighted by Crippen LogP contribution is -3.00. The van der Waals surface area contributed by atoms with Gasteiger partial charge in [0.1, 0.15) is 17.1 Å². The summed E-state index contributed by atoms with van der Waals surface area (Å²) < 4.78 is 2.06. The van der Waals surface area contributed by atoms with Gasteiger partial charge >= 0.3 is 5.97 Å². The lowest BCUT2D eigenvalue weighted by molar-refractivity contribution is -0.693. The van der Waals surface area contributed by atoms with E-state index in [2.05, 4.69) is 4.57 Å². The predicted octanol–water partition coefficient (Wildman–Crippen LogP) is -2.15. The quantitative estimate of drug-likeness (QED) is 0.441. The minimum atomic E-state index is -1.08. The smallest absolute Gasteiger partial charge is 0.352 e. The van der Waals surface area contributed by atoms with E-state index >= 15 is 0 Å². The Hall–Kier alpha value is -1.54. The molecular weight excluding hydrogens is 385 g/mol. The molecule has 1 saturated heterocycles. The molecule has 25 heavy (non-hydrogen) atoms. The zero-order valence-electron chi connectivity index (χ0n) is 13.5. The first kappa shape index (κ1) is 21.5. The van der Waals surface area contributed by atoms with Gasteiger partial charge in [-0.25, -0.2) is 4.79 Å². The van der Waals surface area contributed by atoms with Crippen LogP contribution in [0.25, 0.3) is 0 Å². The van der Waals surface area contributed by atoms with Gasteiger partial charge in [-0.3, -0.25) is 9.69 Å². The number of hydrogen-bond acceptors (Lipinski definition) is 4. The Bertz CT molecular complexity index is 739. The maximum atomic E-state index is 11.9. The molecule has 0 saturated carbocycles. The van der Waals surface area contributed by atoms with Crippen molar-refractivity contribution in [3.63, 3.8) is 0 Å². The van der Waals surface area contributed by atoms with Gasteiger partial charge < -0.3 is 23.2 Å². The van der Waals surface area contributed by atoms with Gasteiger partial charge in [0.05, 0.1) is 0 Å². The molecule has 9 heteroatoms. The van der Waals surface area contributed by atoms with Crippen molar-refractivity contribution < 1.29 is 31.7 Å². The number of hydrogen-bond donors (Lipinski definition) is 2. The molecule has 2 aliphatic rings. The summed E-state index contributed by atoms with van der Waals surface area (Å²) in [5, 5.41) is 9.20. The second-order valence-electron chi connectivity index (χ2n) is 5.51. The number of carboxylic acid groups (broad SMARTS) is 1. The fourth-order valence-corrected chi connectivity index (χ4v) is 4.01. The molecule has 1 amide bonds. The van der Waals surface area contributed by atoms with Crippen LogP contribution >= 0.6 is 24.2 Å². The number of pyridine rings is 1. The average Bonchev–Trinajstić information content (AvgIpc) is 2.55. The van der Waals surface area contributed by atoms with Crippen molar-refractivity contribution in [2.75, 3.05) is 5.75 Å². The fraction of sp³-hybridized carbons (Fsp3) is 0.312. The van der Waals surface area contributed by atoms with Crippen LogP contribution < -0.4 is 22.7 Å². The highest BCUT2D eigenvalue weighted by molar-refractivity contribution is 8.00. The summed E-state index contributed by atoms with van der Waals surface area (Å²) >= 11 is 1.50. The highest BCUT2D eigenvalue weighted by Gasteiger charge is 2.51. The lowest BCUT2D eigenvalue weighted by atomic mass is 10.0. The maximum Gasteiger partial charge on any atom is 0.352 e. The molecule has 0 aromatic carbocycles. The Morgan fingerprint density at radius 1 is 1.52 bits per heavy atom. The van der Waals surface area contributed by atoms with Crippen LogP contribution in [0.15, 0.2) is 47.8 Å². The van der Waals surface area contributed by atoms with Crippen LogP contribution in [0.3, 0.4) is 0 Å². The largest absolute Gasteiger partial charge is 1.00 e. The molecule has 136 valence electrons. The third-order valence-electron chi connectivity index (χ3n) is 4.03. The molecule has 0 spiro atoms. The Morgan fingerprint density at radius 2 is 2.24 bits per heavy atom. The molecule has 0 bridgehead atoms. The number of allylic oxidation sites excluding steroid dienone is 2. The van der Waals surface area contributed by atoms with Gasteiger partial charge in [0.2, 0.25) is 5.91 Å². The summed E-state index contributed by atoms with van der Waals surface area (Å²) in [5.74, 6) is -0.865. The zero-order chi connectivity index (χ0) is 16.6. The molecule has 1 aromatic rings. The van der Waals surface area contributed by atoms with E-state index in [0.717, 1.165) is 5.69 Å². The number of thioether (sulfide) groups is 1.